The van der Waals surface area contributed by atoms with Crippen LogP contribution >= 0.6 is 27.5 Å². The van der Waals surface area contributed by atoms with E-state index in [0.717, 1.165) is 25.4 Å². The van der Waals surface area contributed by atoms with Crippen molar-refractivity contribution in [3.8, 4) is 11.5 Å². The van der Waals surface area contributed by atoms with E-state index in [4.69, 9.17) is 39.6 Å². The number of ether oxygens (including phenoxy) is 4. The smallest absolute Gasteiger partial charge is 0.199 e. The first kappa shape index (κ1) is 39.2. The van der Waals surface area contributed by atoms with Gasteiger partial charge in [-0.3, -0.25) is 9.59 Å². The van der Waals surface area contributed by atoms with Gasteiger partial charge in [0.05, 0.1) is 46.2 Å². The van der Waals surface area contributed by atoms with Crippen molar-refractivity contribution in [3.05, 3.63) is 79.9 Å². The highest BCUT2D eigenvalue weighted by Crippen LogP contribution is 2.43. The summed E-state index contributed by atoms with van der Waals surface area (Å²) in [6.45, 7) is 2.38. The van der Waals surface area contributed by atoms with Crippen LogP contribution < -0.4 is 9.47 Å². The Hall–Kier alpha value is -3.61. The number of halogens is 2. The van der Waals surface area contributed by atoms with Crippen molar-refractivity contribution in [2.24, 2.45) is 0 Å². The van der Waals surface area contributed by atoms with Crippen molar-refractivity contribution in [1.82, 2.24) is 10.3 Å². The molecule has 0 bridgehead atoms. The number of carbonyl (C=O) groups excluding carboxylic acids is 2. The molecule has 2 aromatic carbocycles. The van der Waals surface area contributed by atoms with E-state index in [1.54, 1.807) is 6.92 Å². The Kier molecular flexibility index (Phi) is 13.0. The second-order valence-electron chi connectivity index (χ2n) is 11.1. The van der Waals surface area contributed by atoms with Gasteiger partial charge in [0.15, 0.2) is 48.5 Å². The number of aromatic nitrogens is 2. The van der Waals surface area contributed by atoms with Gasteiger partial charge in [0.2, 0.25) is 0 Å². The average Bonchev–Trinajstić information content (AvgIpc) is 3.61. The minimum absolute atomic E-state index is 0.0101. The maximum atomic E-state index is 12.9. The molecular weight excluding hydrogens is 784 g/mol. The molecule has 0 saturated heterocycles. The molecule has 0 radical (unpaired) electrons. The topological polar surface area (TPSA) is 191 Å². The van der Waals surface area contributed by atoms with Gasteiger partial charge >= 0.3 is 0 Å². The van der Waals surface area contributed by atoms with Crippen LogP contribution in [0.3, 0.4) is 0 Å². The zero-order chi connectivity index (χ0) is 36.8. The van der Waals surface area contributed by atoms with Crippen LogP contribution in [0.2, 0.25) is 5.02 Å². The number of hydrogen-bond donors (Lipinski definition) is 0. The van der Waals surface area contributed by atoms with Crippen LogP contribution in [0.1, 0.15) is 62.1 Å². The minimum Gasteiger partial charge on any atom is -0.489 e. The van der Waals surface area contributed by atoms with Gasteiger partial charge in [-0.1, -0.05) is 21.9 Å². The van der Waals surface area contributed by atoms with Gasteiger partial charge in [0.25, 0.3) is 0 Å². The highest BCUT2D eigenvalue weighted by Gasteiger charge is 2.34. The summed E-state index contributed by atoms with van der Waals surface area (Å²) in [7, 11) is -4.13. The third-order valence-corrected chi connectivity index (χ3v) is 10.7. The second-order valence-corrected chi connectivity index (χ2v) is 16.2. The van der Waals surface area contributed by atoms with Gasteiger partial charge in [-0.15, -0.1) is 0 Å². The first-order valence-corrected chi connectivity index (χ1v) is 19.8. The van der Waals surface area contributed by atoms with E-state index in [-0.39, 0.29) is 85.8 Å². The summed E-state index contributed by atoms with van der Waals surface area (Å²) in [6.07, 6.45) is 6.70. The van der Waals surface area contributed by atoms with Gasteiger partial charge in [0.1, 0.15) is 28.8 Å². The molecule has 1 aliphatic carbocycles. The predicted molar refractivity (Wildman–Crippen MR) is 183 cm³/mol. The minimum atomic E-state index is -3.59. The molecular formula is C32H34BrClN2O12S2. The van der Waals surface area contributed by atoms with E-state index in [1.165, 1.54) is 50.9 Å². The lowest BCUT2D eigenvalue weighted by molar-refractivity contribution is 0.102. The normalized spacial score (nSPS) is 13.0. The molecule has 1 aliphatic rings. The monoisotopic (exact) mass is 816 g/mol. The number of benzene rings is 2. The third-order valence-electron chi connectivity index (χ3n) is 7.26. The van der Waals surface area contributed by atoms with Crippen LogP contribution in [0.15, 0.2) is 60.0 Å². The predicted octanol–water partition coefficient (Wildman–Crippen LogP) is 5.27. The highest BCUT2D eigenvalue weighted by atomic mass is 79.9. The Bertz CT molecular complexity index is 2090. The highest BCUT2D eigenvalue weighted by molar-refractivity contribution is 9.10. The van der Waals surface area contributed by atoms with E-state index in [0.29, 0.717) is 22.6 Å². The van der Waals surface area contributed by atoms with Crippen molar-refractivity contribution in [2.75, 3.05) is 53.2 Å². The Labute approximate surface area is 302 Å². The van der Waals surface area contributed by atoms with E-state index < -0.39 is 19.7 Å². The summed E-state index contributed by atoms with van der Waals surface area (Å²) in [5.74, 6) is 0.409. The largest absolute Gasteiger partial charge is 0.489 e. The van der Waals surface area contributed by atoms with Crippen LogP contribution in [0.4, 0.5) is 0 Å². The lowest BCUT2D eigenvalue weighted by Gasteiger charge is -2.14. The summed E-state index contributed by atoms with van der Waals surface area (Å²) in [4.78, 5) is 25.5. The lowest BCUT2D eigenvalue weighted by Crippen LogP contribution is -2.11. The number of carbonyl (C=O) groups is 2. The standard InChI is InChI=1S/C17H18ClNO6S.C15H16BrNO6S/c1-23-7-8-24-17-13(26(2,21)22)6-5-11(14(17)18)15(20)12-9-19-25-16(12)10-3-4-10;1-9-11(8-17-23-9)14(18)10-4-5-12(24(3,19)20)15(13(10)16)22-7-6-21-2/h5-6,9-10H,3-4,7-8H2,1-2H3;4-5,8H,6-7H2,1-3H3. The Balaban J connectivity index is 0.000000226. The molecule has 5 rings (SSSR count). The number of methoxy groups -OCH3 is 2. The molecule has 4 aromatic rings. The van der Waals surface area contributed by atoms with Crippen LogP contribution in [0, 0.1) is 6.92 Å². The van der Waals surface area contributed by atoms with E-state index >= 15 is 0 Å². The Morgan fingerprint density at radius 2 is 1.28 bits per heavy atom. The molecule has 0 amide bonds. The zero-order valence-electron chi connectivity index (χ0n) is 27.6. The first-order valence-electron chi connectivity index (χ1n) is 14.9. The summed E-state index contributed by atoms with van der Waals surface area (Å²) in [5, 5.41) is 7.24. The summed E-state index contributed by atoms with van der Waals surface area (Å²) in [6, 6.07) is 5.48. The van der Waals surface area contributed by atoms with Crippen molar-refractivity contribution in [1.29, 1.82) is 0 Å². The van der Waals surface area contributed by atoms with E-state index in [2.05, 4.69) is 26.2 Å². The summed E-state index contributed by atoms with van der Waals surface area (Å²) >= 11 is 9.64. The number of rotatable bonds is 15. The quantitative estimate of drug-likeness (QED) is 0.111. The summed E-state index contributed by atoms with van der Waals surface area (Å²) in [5.41, 5.74) is 1.02. The number of hydrogen-bond acceptors (Lipinski definition) is 14. The third kappa shape index (κ3) is 9.18. The molecule has 2 heterocycles. The fourth-order valence-corrected chi connectivity index (χ4v) is 7.36. The Morgan fingerprint density at radius 1 is 0.780 bits per heavy atom. The molecule has 0 aliphatic heterocycles. The number of ketones is 2. The molecule has 1 saturated carbocycles. The number of sulfone groups is 2. The fraction of sp³-hybridized carbons (Fsp3) is 0.375. The second kappa shape index (κ2) is 16.6. The number of nitrogens with zero attached hydrogens (tertiary/aromatic N) is 2. The molecule has 18 heteroatoms. The Morgan fingerprint density at radius 3 is 1.80 bits per heavy atom. The van der Waals surface area contributed by atoms with E-state index in [9.17, 15) is 26.4 Å². The van der Waals surface area contributed by atoms with Crippen molar-refractivity contribution < 1.29 is 54.4 Å². The van der Waals surface area contributed by atoms with Crippen LogP contribution in [-0.2, 0) is 29.1 Å². The van der Waals surface area contributed by atoms with Crippen molar-refractivity contribution in [3.63, 3.8) is 0 Å². The average molecular weight is 818 g/mol. The number of aryl methyl sites for hydroxylation is 1. The maximum Gasteiger partial charge on any atom is 0.199 e. The first-order chi connectivity index (χ1) is 23.6. The van der Waals surface area contributed by atoms with Gasteiger partial charge in [-0.05, 0) is 60.0 Å². The van der Waals surface area contributed by atoms with Gasteiger partial charge < -0.3 is 28.0 Å². The molecule has 2 aromatic heterocycles. The fourth-order valence-electron chi connectivity index (χ4n) is 4.60. The van der Waals surface area contributed by atoms with Crippen LogP contribution in [0.25, 0.3) is 0 Å². The molecule has 0 atom stereocenters. The maximum absolute atomic E-state index is 12.9. The van der Waals surface area contributed by atoms with Crippen molar-refractivity contribution >= 4 is 58.8 Å². The molecule has 0 spiro atoms. The van der Waals surface area contributed by atoms with Gasteiger partial charge in [-0.2, -0.15) is 0 Å². The van der Waals surface area contributed by atoms with Crippen LogP contribution in [-0.4, -0.2) is 91.9 Å². The SMILES string of the molecule is COCCOc1c(S(C)(=O)=O)ccc(C(=O)c2cnoc2C)c1Br.COCCOc1c(S(C)(=O)=O)ccc(C(=O)c2cnoc2C2CC2)c1Cl. The van der Waals surface area contributed by atoms with Gasteiger partial charge in [-0.25, -0.2) is 16.8 Å². The zero-order valence-corrected chi connectivity index (χ0v) is 31.6. The molecule has 0 N–H and O–H groups in total. The summed E-state index contributed by atoms with van der Waals surface area (Å²) < 4.78 is 79.2. The van der Waals surface area contributed by atoms with Crippen LogP contribution in [0.5, 0.6) is 11.5 Å². The molecule has 270 valence electrons. The lowest BCUT2D eigenvalue weighted by atomic mass is 10.0. The molecule has 14 nitrogen and oxygen atoms in total. The molecule has 50 heavy (non-hydrogen) atoms. The van der Waals surface area contributed by atoms with E-state index in [1.807, 2.05) is 0 Å². The molecule has 1 fully saturated rings. The van der Waals surface area contributed by atoms with Gasteiger partial charge in [0, 0.05) is 43.8 Å². The molecule has 0 unspecified atom stereocenters. The van der Waals surface area contributed by atoms with Crippen molar-refractivity contribution in [2.45, 2.75) is 35.5 Å².